The molecule has 1 aliphatic carbocycles. The van der Waals surface area contributed by atoms with Crippen LogP contribution in [0.2, 0.25) is 0 Å². The molecule has 3 heterocycles. The maximum absolute atomic E-state index is 12.5. The molecule has 1 aromatic heterocycles. The van der Waals surface area contributed by atoms with Crippen LogP contribution in [0.3, 0.4) is 0 Å². The first-order valence-electron chi connectivity index (χ1n) is 10.2. The van der Waals surface area contributed by atoms with E-state index in [1.807, 2.05) is 23.1 Å². The Hall–Kier alpha value is -2.09. The van der Waals surface area contributed by atoms with Crippen LogP contribution < -0.4 is 10.2 Å². The Bertz CT molecular complexity index is 733. The summed E-state index contributed by atoms with van der Waals surface area (Å²) in [5.41, 5.74) is 0. The lowest BCUT2D eigenvalue weighted by atomic mass is 9.96. The van der Waals surface area contributed by atoms with Gasteiger partial charge in [0, 0.05) is 50.5 Å². The number of nitrogens with one attached hydrogen (secondary N) is 1. The second kappa shape index (κ2) is 8.94. The Morgan fingerprint density at radius 2 is 1.93 bits per heavy atom. The average Bonchev–Trinajstić information content (AvgIpc) is 3.15. The summed E-state index contributed by atoms with van der Waals surface area (Å²) in [5, 5.41) is 4.19. The minimum Gasteiger partial charge on any atom is -0.353 e. The van der Waals surface area contributed by atoms with Crippen molar-refractivity contribution >= 4 is 34.6 Å². The van der Waals surface area contributed by atoms with Gasteiger partial charge in [-0.15, -0.1) is 0 Å². The van der Waals surface area contributed by atoms with Crippen molar-refractivity contribution in [3.63, 3.8) is 0 Å². The molecule has 0 spiro atoms. The third-order valence-electron chi connectivity index (χ3n) is 5.63. The molecular weight excluding hydrogens is 374 g/mol. The van der Waals surface area contributed by atoms with Crippen LogP contribution in [0.5, 0.6) is 0 Å². The van der Waals surface area contributed by atoms with Gasteiger partial charge in [-0.3, -0.25) is 14.6 Å². The highest BCUT2D eigenvalue weighted by Crippen LogP contribution is 2.36. The monoisotopic (exact) mass is 401 g/mol. The average molecular weight is 402 g/mol. The number of fused-ring (bicyclic) bond motifs is 1. The molecule has 8 heteroatoms. The Morgan fingerprint density at radius 1 is 1.11 bits per heavy atom. The van der Waals surface area contributed by atoms with Crippen molar-refractivity contribution in [3.05, 3.63) is 24.4 Å². The molecule has 2 aliphatic heterocycles. The number of anilines is 1. The van der Waals surface area contributed by atoms with E-state index in [1.165, 1.54) is 19.3 Å². The highest BCUT2D eigenvalue weighted by molar-refractivity contribution is 8.14. The van der Waals surface area contributed by atoms with Crippen molar-refractivity contribution < 1.29 is 9.59 Å². The van der Waals surface area contributed by atoms with E-state index in [-0.39, 0.29) is 24.7 Å². The van der Waals surface area contributed by atoms with Gasteiger partial charge >= 0.3 is 0 Å². The van der Waals surface area contributed by atoms with E-state index in [2.05, 4.69) is 20.2 Å². The first-order chi connectivity index (χ1) is 13.7. The topological polar surface area (TPSA) is 77.9 Å². The Morgan fingerprint density at radius 3 is 2.68 bits per heavy atom. The predicted octanol–water partition coefficient (Wildman–Crippen LogP) is 2.04. The van der Waals surface area contributed by atoms with Crippen LogP contribution in [0.25, 0.3) is 0 Å². The number of hydrogen-bond acceptors (Lipinski definition) is 6. The Kier molecular flexibility index (Phi) is 6.14. The molecule has 2 amide bonds. The van der Waals surface area contributed by atoms with E-state index in [1.54, 1.807) is 18.0 Å². The molecule has 0 radical (unpaired) electrons. The standard InChI is InChI=1S/C20H27N5O2S/c26-18(23-20-22-15-5-1-2-6-16(15)28-20)8-9-19(27)25-13-11-24(12-14-25)17-7-3-4-10-21-17/h3-4,7,10,15-16H,1-2,5-6,8-9,11-14H2,(H,22,23,26)/t15-,16-/m0/s1. The lowest BCUT2D eigenvalue weighted by Gasteiger charge is -2.35. The van der Waals surface area contributed by atoms with Crippen LogP contribution in [0.4, 0.5) is 5.82 Å². The van der Waals surface area contributed by atoms with E-state index < -0.39 is 0 Å². The second-order valence-electron chi connectivity index (χ2n) is 7.55. The summed E-state index contributed by atoms with van der Waals surface area (Å²) in [6.07, 6.45) is 7.05. The van der Waals surface area contributed by atoms with Gasteiger partial charge in [0.2, 0.25) is 11.8 Å². The van der Waals surface area contributed by atoms with Crippen molar-refractivity contribution in [2.45, 2.75) is 49.8 Å². The summed E-state index contributed by atoms with van der Waals surface area (Å²) in [4.78, 5) is 37.7. The van der Waals surface area contributed by atoms with Crippen LogP contribution in [0.1, 0.15) is 38.5 Å². The molecule has 1 N–H and O–H groups in total. The van der Waals surface area contributed by atoms with Crippen LogP contribution in [0.15, 0.2) is 29.4 Å². The van der Waals surface area contributed by atoms with Gasteiger partial charge in [0.1, 0.15) is 5.82 Å². The van der Waals surface area contributed by atoms with Crippen LogP contribution >= 0.6 is 11.8 Å². The number of aromatic nitrogens is 1. The minimum atomic E-state index is -0.106. The van der Waals surface area contributed by atoms with Gasteiger partial charge < -0.3 is 15.1 Å². The van der Waals surface area contributed by atoms with Crippen LogP contribution in [0, 0.1) is 0 Å². The lowest BCUT2D eigenvalue weighted by Crippen LogP contribution is -2.49. The van der Waals surface area contributed by atoms with Crippen molar-refractivity contribution in [1.82, 2.24) is 15.2 Å². The van der Waals surface area contributed by atoms with E-state index in [0.717, 1.165) is 30.5 Å². The van der Waals surface area contributed by atoms with Crippen molar-refractivity contribution in [3.8, 4) is 0 Å². The smallest absolute Gasteiger partial charge is 0.226 e. The number of rotatable bonds is 4. The van der Waals surface area contributed by atoms with E-state index >= 15 is 0 Å². The van der Waals surface area contributed by atoms with E-state index in [9.17, 15) is 9.59 Å². The maximum Gasteiger partial charge on any atom is 0.226 e. The minimum absolute atomic E-state index is 0.0468. The summed E-state index contributed by atoms with van der Waals surface area (Å²) < 4.78 is 0. The van der Waals surface area contributed by atoms with Crippen molar-refractivity contribution in [2.75, 3.05) is 31.1 Å². The number of pyridine rings is 1. The molecule has 1 aromatic rings. The molecule has 3 aliphatic rings. The maximum atomic E-state index is 12.5. The molecule has 0 bridgehead atoms. The number of amidine groups is 1. The predicted molar refractivity (Wildman–Crippen MR) is 111 cm³/mol. The zero-order valence-electron chi connectivity index (χ0n) is 16.0. The molecular formula is C20H27N5O2S. The number of carbonyl (C=O) groups excluding carboxylic acids is 2. The normalized spacial score (nSPS) is 24.5. The number of thioether (sulfide) groups is 1. The Labute approximate surface area is 170 Å². The number of nitrogens with zero attached hydrogens (tertiary/aromatic N) is 4. The van der Waals surface area contributed by atoms with Gasteiger partial charge in [-0.05, 0) is 25.0 Å². The third kappa shape index (κ3) is 4.66. The molecule has 0 unspecified atom stereocenters. The largest absolute Gasteiger partial charge is 0.353 e. The molecule has 7 nitrogen and oxygen atoms in total. The van der Waals surface area contributed by atoms with Gasteiger partial charge in [-0.25, -0.2) is 4.98 Å². The molecule has 150 valence electrons. The van der Waals surface area contributed by atoms with Crippen molar-refractivity contribution in [1.29, 1.82) is 0 Å². The quantitative estimate of drug-likeness (QED) is 0.835. The van der Waals surface area contributed by atoms with Gasteiger partial charge in [-0.1, -0.05) is 30.7 Å². The van der Waals surface area contributed by atoms with Gasteiger partial charge in [-0.2, -0.15) is 0 Å². The third-order valence-corrected chi connectivity index (χ3v) is 6.92. The molecule has 4 rings (SSSR count). The fraction of sp³-hybridized carbons (Fsp3) is 0.600. The van der Waals surface area contributed by atoms with E-state index in [4.69, 9.17) is 0 Å². The molecule has 2 atom stereocenters. The number of piperazine rings is 1. The lowest BCUT2D eigenvalue weighted by molar-refractivity contribution is -0.133. The summed E-state index contributed by atoms with van der Waals surface area (Å²) in [5.74, 6) is 0.889. The fourth-order valence-corrected chi connectivity index (χ4v) is 5.33. The van der Waals surface area contributed by atoms with Gasteiger partial charge in [0.15, 0.2) is 5.17 Å². The summed E-state index contributed by atoms with van der Waals surface area (Å²) >= 11 is 1.69. The zero-order chi connectivity index (χ0) is 19.3. The summed E-state index contributed by atoms with van der Waals surface area (Å²) in [7, 11) is 0. The van der Waals surface area contributed by atoms with Gasteiger partial charge in [0.05, 0.1) is 6.04 Å². The summed E-state index contributed by atoms with van der Waals surface area (Å²) in [6, 6.07) is 6.23. The number of amides is 2. The van der Waals surface area contributed by atoms with E-state index in [0.29, 0.717) is 24.4 Å². The first-order valence-corrected chi connectivity index (χ1v) is 11.0. The highest BCUT2D eigenvalue weighted by atomic mass is 32.2. The SMILES string of the molecule is O=C(CCC(=O)N1CCN(c2ccccn2)CC1)NC1=N[C@H]2CCCC[C@@H]2S1. The van der Waals surface area contributed by atoms with Crippen LogP contribution in [-0.2, 0) is 9.59 Å². The second-order valence-corrected chi connectivity index (χ2v) is 8.77. The Balaban J connectivity index is 1.18. The van der Waals surface area contributed by atoms with Crippen LogP contribution in [-0.4, -0.2) is 64.3 Å². The fourth-order valence-electron chi connectivity index (χ4n) is 4.03. The van der Waals surface area contributed by atoms with Gasteiger partial charge in [0.25, 0.3) is 0 Å². The molecule has 0 aromatic carbocycles. The first kappa shape index (κ1) is 19.2. The number of hydrogen-bond donors (Lipinski definition) is 1. The molecule has 1 saturated heterocycles. The highest BCUT2D eigenvalue weighted by Gasteiger charge is 2.32. The van der Waals surface area contributed by atoms with Crippen molar-refractivity contribution in [2.24, 2.45) is 4.99 Å². The zero-order valence-corrected chi connectivity index (χ0v) is 16.9. The molecule has 1 saturated carbocycles. The molecule has 28 heavy (non-hydrogen) atoms. The number of aliphatic imine (C=N–C) groups is 1. The molecule has 2 fully saturated rings. The summed E-state index contributed by atoms with van der Waals surface area (Å²) in [6.45, 7) is 2.88. The number of carbonyl (C=O) groups is 2.